The van der Waals surface area contributed by atoms with Crippen molar-refractivity contribution in [3.05, 3.63) is 24.2 Å². The predicted octanol–water partition coefficient (Wildman–Crippen LogP) is 3.02. The van der Waals surface area contributed by atoms with Crippen LogP contribution in [0.25, 0.3) is 0 Å². The van der Waals surface area contributed by atoms with Gasteiger partial charge in [-0.2, -0.15) is 0 Å². The lowest BCUT2D eigenvalue weighted by molar-refractivity contribution is 0.295. The van der Waals surface area contributed by atoms with Crippen molar-refractivity contribution < 1.29 is 9.47 Å². The number of hydrogen-bond donors (Lipinski definition) is 0. The van der Waals surface area contributed by atoms with Gasteiger partial charge in [0.15, 0.2) is 5.17 Å². The Morgan fingerprint density at radius 2 is 2.39 bits per heavy atom. The maximum Gasteiger partial charge on any atom is 0.182 e. The molecule has 1 rings (SSSR count). The zero-order valence-corrected chi connectivity index (χ0v) is 11.9. The molecule has 1 heterocycles. The highest BCUT2D eigenvalue weighted by molar-refractivity contribution is 8.13. The van der Waals surface area contributed by atoms with E-state index in [4.69, 9.17) is 9.47 Å². The zero-order chi connectivity index (χ0) is 13.2. The van der Waals surface area contributed by atoms with Crippen LogP contribution >= 0.6 is 11.8 Å². The van der Waals surface area contributed by atoms with Gasteiger partial charge in [0.25, 0.3) is 0 Å². The van der Waals surface area contributed by atoms with Crippen LogP contribution in [0.15, 0.2) is 34.2 Å². The Bertz CT molecular complexity index is 362. The molecule has 4 nitrogen and oxygen atoms in total. The maximum atomic E-state index is 5.21. The molecule has 0 radical (unpaired) electrons. The molecule has 18 heavy (non-hydrogen) atoms. The van der Waals surface area contributed by atoms with Crippen molar-refractivity contribution >= 4 is 23.1 Å². The fourth-order valence-electron chi connectivity index (χ4n) is 1.56. The van der Waals surface area contributed by atoms with Crippen LogP contribution in [0, 0.1) is 0 Å². The van der Waals surface area contributed by atoms with E-state index in [0.717, 1.165) is 30.2 Å². The van der Waals surface area contributed by atoms with Crippen molar-refractivity contribution in [3.63, 3.8) is 0 Å². The summed E-state index contributed by atoms with van der Waals surface area (Å²) >= 11 is 1.59. The molecule has 0 aromatic rings. The monoisotopic (exact) mass is 268 g/mol. The number of methoxy groups -OCH3 is 2. The number of allylic oxidation sites excluding steroid dienone is 2. The topological polar surface area (TPSA) is 43.2 Å². The van der Waals surface area contributed by atoms with E-state index in [1.165, 1.54) is 0 Å². The maximum absolute atomic E-state index is 5.21. The Labute approximate surface area is 113 Å². The molecular weight excluding hydrogens is 248 g/mol. The molecule has 1 aliphatic heterocycles. The predicted molar refractivity (Wildman–Crippen MR) is 78.3 cm³/mol. The molecule has 0 spiro atoms. The summed E-state index contributed by atoms with van der Waals surface area (Å²) in [7, 11) is 3.27. The Hall–Kier alpha value is -1.23. The molecule has 0 bridgehead atoms. The number of rotatable bonds is 6. The van der Waals surface area contributed by atoms with Gasteiger partial charge in [0.1, 0.15) is 5.76 Å². The standard InChI is InChI=1S/C13H20N2O2S/c1-16-10-8-12(17-2)6-4-5-11-7-9-14-13(15-11)18-3/h6,8-11H,4-5,7H2,1-3H3/b10-8+,12-6+. The molecule has 1 aliphatic rings. The Kier molecular flexibility index (Phi) is 7.25. The zero-order valence-electron chi connectivity index (χ0n) is 11.1. The Morgan fingerprint density at radius 3 is 3.06 bits per heavy atom. The lowest BCUT2D eigenvalue weighted by Crippen LogP contribution is -2.12. The summed E-state index contributed by atoms with van der Waals surface area (Å²) in [6.45, 7) is 0. The van der Waals surface area contributed by atoms with Crippen molar-refractivity contribution in [2.24, 2.45) is 9.98 Å². The normalized spacial score (nSPS) is 20.1. The first kappa shape index (κ1) is 14.8. The third-order valence-corrected chi connectivity index (χ3v) is 3.08. The summed E-state index contributed by atoms with van der Waals surface area (Å²) < 4.78 is 10.1. The lowest BCUT2D eigenvalue weighted by Gasteiger charge is -2.13. The Balaban J connectivity index is 2.41. The molecule has 0 aliphatic carbocycles. The van der Waals surface area contributed by atoms with Crippen LogP contribution in [0.5, 0.6) is 0 Å². The summed E-state index contributed by atoms with van der Waals surface area (Å²) in [6, 6.07) is 0.339. The quantitative estimate of drug-likeness (QED) is 0.549. The van der Waals surface area contributed by atoms with Crippen molar-refractivity contribution in [2.45, 2.75) is 25.3 Å². The smallest absolute Gasteiger partial charge is 0.182 e. The summed E-state index contributed by atoms with van der Waals surface area (Å²) in [6.07, 6.45) is 12.3. The third-order valence-electron chi connectivity index (χ3n) is 2.50. The summed E-state index contributed by atoms with van der Waals surface area (Å²) in [5.74, 6) is 0.815. The average Bonchev–Trinajstić information content (AvgIpc) is 2.43. The van der Waals surface area contributed by atoms with E-state index >= 15 is 0 Å². The van der Waals surface area contributed by atoms with Crippen molar-refractivity contribution in [2.75, 3.05) is 20.5 Å². The van der Waals surface area contributed by atoms with E-state index in [9.17, 15) is 0 Å². The first-order valence-corrected chi connectivity index (χ1v) is 7.10. The second-order valence-electron chi connectivity index (χ2n) is 3.74. The molecule has 100 valence electrons. The van der Waals surface area contributed by atoms with Gasteiger partial charge in [-0.1, -0.05) is 11.8 Å². The van der Waals surface area contributed by atoms with Crippen LogP contribution in [0.3, 0.4) is 0 Å². The highest BCUT2D eigenvalue weighted by Crippen LogP contribution is 2.15. The van der Waals surface area contributed by atoms with Gasteiger partial charge in [-0.25, -0.2) is 4.99 Å². The Morgan fingerprint density at radius 1 is 1.56 bits per heavy atom. The number of aliphatic imine (C=N–C) groups is 2. The van der Waals surface area contributed by atoms with Gasteiger partial charge < -0.3 is 9.47 Å². The van der Waals surface area contributed by atoms with Crippen LogP contribution in [0.2, 0.25) is 0 Å². The molecule has 0 amide bonds. The van der Waals surface area contributed by atoms with Crippen molar-refractivity contribution in [1.82, 2.24) is 0 Å². The van der Waals surface area contributed by atoms with Gasteiger partial charge in [0, 0.05) is 18.7 Å². The van der Waals surface area contributed by atoms with Gasteiger partial charge in [-0.15, -0.1) is 0 Å². The lowest BCUT2D eigenvalue weighted by atomic mass is 10.1. The highest BCUT2D eigenvalue weighted by Gasteiger charge is 2.10. The second-order valence-corrected chi connectivity index (χ2v) is 4.52. The molecule has 5 heteroatoms. The summed E-state index contributed by atoms with van der Waals surface area (Å²) in [4.78, 5) is 8.77. The molecule has 0 aromatic heterocycles. The largest absolute Gasteiger partial charge is 0.504 e. The van der Waals surface area contributed by atoms with Gasteiger partial charge in [0.2, 0.25) is 0 Å². The van der Waals surface area contributed by atoms with Gasteiger partial charge in [-0.3, -0.25) is 4.99 Å². The first-order valence-electron chi connectivity index (χ1n) is 5.88. The fourth-order valence-corrected chi connectivity index (χ4v) is 1.99. The summed E-state index contributed by atoms with van der Waals surface area (Å²) in [5.41, 5.74) is 0. The van der Waals surface area contributed by atoms with E-state index in [1.807, 2.05) is 12.5 Å². The average molecular weight is 268 g/mol. The van der Waals surface area contributed by atoms with Gasteiger partial charge in [0.05, 0.1) is 26.5 Å². The van der Waals surface area contributed by atoms with Crippen molar-refractivity contribution in [1.29, 1.82) is 0 Å². The highest BCUT2D eigenvalue weighted by atomic mass is 32.2. The fraction of sp³-hybridized carbons (Fsp3) is 0.538. The van der Waals surface area contributed by atoms with E-state index in [0.29, 0.717) is 6.04 Å². The van der Waals surface area contributed by atoms with E-state index < -0.39 is 0 Å². The van der Waals surface area contributed by atoms with E-state index in [-0.39, 0.29) is 0 Å². The number of hydrogen-bond acceptors (Lipinski definition) is 5. The van der Waals surface area contributed by atoms with E-state index in [1.54, 1.807) is 38.3 Å². The first-order chi connectivity index (χ1) is 8.80. The minimum absolute atomic E-state index is 0.339. The van der Waals surface area contributed by atoms with Gasteiger partial charge in [-0.05, 0) is 25.2 Å². The van der Waals surface area contributed by atoms with Crippen LogP contribution in [-0.4, -0.2) is 37.9 Å². The second kappa shape index (κ2) is 8.80. The van der Waals surface area contributed by atoms with Gasteiger partial charge >= 0.3 is 0 Å². The summed E-state index contributed by atoms with van der Waals surface area (Å²) in [5, 5.41) is 0.876. The molecule has 0 saturated heterocycles. The number of nitrogens with zero attached hydrogens (tertiary/aromatic N) is 2. The van der Waals surface area contributed by atoms with Crippen LogP contribution in [0.1, 0.15) is 19.3 Å². The molecule has 1 unspecified atom stereocenters. The van der Waals surface area contributed by atoms with Crippen LogP contribution in [-0.2, 0) is 9.47 Å². The molecule has 0 aromatic carbocycles. The molecular formula is C13H20N2O2S. The third kappa shape index (κ3) is 5.40. The van der Waals surface area contributed by atoms with Crippen LogP contribution in [0.4, 0.5) is 0 Å². The SMILES string of the molecule is CO/C=C/C(=C\CCC1CC=NC(SC)=N1)OC. The number of ether oxygens (including phenoxy) is 2. The molecule has 0 fully saturated rings. The molecule has 1 atom stereocenters. The van der Waals surface area contributed by atoms with E-state index in [2.05, 4.69) is 16.1 Å². The minimum atomic E-state index is 0.339. The molecule has 0 N–H and O–H groups in total. The minimum Gasteiger partial charge on any atom is -0.504 e. The molecule has 0 saturated carbocycles. The number of amidine groups is 1. The van der Waals surface area contributed by atoms with Crippen LogP contribution < -0.4 is 0 Å². The number of thioether (sulfide) groups is 1. The van der Waals surface area contributed by atoms with Crippen molar-refractivity contribution in [3.8, 4) is 0 Å².